The number of carboxylic acids is 1. The summed E-state index contributed by atoms with van der Waals surface area (Å²) in [4.78, 5) is 21.3. The number of halogens is 1. The van der Waals surface area contributed by atoms with Crippen molar-refractivity contribution in [2.75, 3.05) is 0 Å². The molecule has 1 saturated carbocycles. The number of carboxylic acid groups (broad SMARTS) is 1. The highest BCUT2D eigenvalue weighted by molar-refractivity contribution is 9.10. The number of hydrogen-bond donors (Lipinski definition) is 1. The molecule has 1 aromatic carbocycles. The molecular formula is C11H10BrNO4. The summed E-state index contributed by atoms with van der Waals surface area (Å²) in [6.45, 7) is 0. The molecular weight excluding hydrogens is 290 g/mol. The summed E-state index contributed by atoms with van der Waals surface area (Å²) in [5, 5.41) is 19.8. The van der Waals surface area contributed by atoms with E-state index >= 15 is 0 Å². The van der Waals surface area contributed by atoms with Crippen molar-refractivity contribution in [2.45, 2.75) is 19.3 Å². The summed E-state index contributed by atoms with van der Waals surface area (Å²) in [5.74, 6) is -0.823. The molecule has 0 unspecified atom stereocenters. The minimum Gasteiger partial charge on any atom is -0.481 e. The Hall–Kier alpha value is -1.43. The van der Waals surface area contributed by atoms with Crippen molar-refractivity contribution < 1.29 is 14.8 Å². The van der Waals surface area contributed by atoms with Gasteiger partial charge >= 0.3 is 5.97 Å². The van der Waals surface area contributed by atoms with Gasteiger partial charge in [0.2, 0.25) is 0 Å². The Kier molecular flexibility index (Phi) is 2.91. The van der Waals surface area contributed by atoms with Crippen LogP contribution in [-0.2, 0) is 11.2 Å². The first-order valence-corrected chi connectivity index (χ1v) is 5.91. The van der Waals surface area contributed by atoms with Crippen LogP contribution in [0.15, 0.2) is 22.7 Å². The van der Waals surface area contributed by atoms with Gasteiger partial charge in [-0.2, -0.15) is 0 Å². The Balaban J connectivity index is 2.31. The summed E-state index contributed by atoms with van der Waals surface area (Å²) >= 11 is 3.18. The van der Waals surface area contributed by atoms with Gasteiger partial charge in [-0.1, -0.05) is 12.1 Å². The van der Waals surface area contributed by atoms with Crippen LogP contribution >= 0.6 is 15.9 Å². The van der Waals surface area contributed by atoms with Crippen LogP contribution in [0.2, 0.25) is 0 Å². The molecule has 0 amide bonds. The molecule has 5 nitrogen and oxygen atoms in total. The predicted octanol–water partition coefficient (Wildman–Crippen LogP) is 2.76. The van der Waals surface area contributed by atoms with Crippen molar-refractivity contribution in [2.24, 2.45) is 5.41 Å². The van der Waals surface area contributed by atoms with E-state index in [4.69, 9.17) is 5.11 Å². The molecule has 0 heterocycles. The number of nitrogens with zero attached hydrogens (tertiary/aromatic N) is 1. The maximum atomic E-state index is 11.1. The zero-order valence-electron chi connectivity index (χ0n) is 8.85. The van der Waals surface area contributed by atoms with Crippen molar-refractivity contribution in [3.05, 3.63) is 38.3 Å². The average molecular weight is 300 g/mol. The van der Waals surface area contributed by atoms with E-state index in [9.17, 15) is 14.9 Å². The third kappa shape index (κ3) is 2.17. The number of nitro groups is 1. The molecule has 6 heteroatoms. The monoisotopic (exact) mass is 299 g/mol. The summed E-state index contributed by atoms with van der Waals surface area (Å²) in [6.07, 6.45) is 1.61. The lowest BCUT2D eigenvalue weighted by atomic mass is 9.96. The largest absolute Gasteiger partial charge is 0.481 e. The fourth-order valence-electron chi connectivity index (χ4n) is 1.83. The smallest absolute Gasteiger partial charge is 0.309 e. The molecule has 1 aromatic rings. The van der Waals surface area contributed by atoms with Gasteiger partial charge in [-0.05, 0) is 40.8 Å². The van der Waals surface area contributed by atoms with Crippen LogP contribution in [0.25, 0.3) is 0 Å². The molecule has 0 aromatic heterocycles. The van der Waals surface area contributed by atoms with E-state index in [1.54, 1.807) is 12.1 Å². The van der Waals surface area contributed by atoms with Crippen LogP contribution in [0.1, 0.15) is 18.4 Å². The first-order valence-electron chi connectivity index (χ1n) is 5.11. The Morgan fingerprint density at radius 1 is 1.53 bits per heavy atom. The van der Waals surface area contributed by atoms with Gasteiger partial charge in [0, 0.05) is 6.07 Å². The Labute approximate surface area is 106 Å². The number of carbonyl (C=O) groups is 1. The number of hydrogen-bond acceptors (Lipinski definition) is 3. The Bertz CT molecular complexity index is 496. The van der Waals surface area contributed by atoms with Crippen molar-refractivity contribution >= 4 is 27.6 Å². The fraction of sp³-hybridized carbons (Fsp3) is 0.364. The first-order chi connectivity index (χ1) is 7.96. The summed E-state index contributed by atoms with van der Waals surface area (Å²) < 4.78 is 0.387. The molecule has 0 saturated heterocycles. The van der Waals surface area contributed by atoms with Crippen molar-refractivity contribution in [1.82, 2.24) is 0 Å². The van der Waals surface area contributed by atoms with E-state index in [2.05, 4.69) is 15.9 Å². The highest BCUT2D eigenvalue weighted by atomic mass is 79.9. The van der Waals surface area contributed by atoms with Gasteiger partial charge in [-0.15, -0.1) is 0 Å². The number of aliphatic carboxylic acids is 1. The van der Waals surface area contributed by atoms with E-state index in [-0.39, 0.29) is 5.69 Å². The molecule has 0 radical (unpaired) electrons. The minimum absolute atomic E-state index is 0.0244. The van der Waals surface area contributed by atoms with Crippen molar-refractivity contribution in [3.8, 4) is 0 Å². The standard InChI is InChI=1S/C11H10BrNO4/c12-9-7(2-1-3-8(9)13(16)17)6-11(4-5-11)10(14)15/h1-3H,4-6H2,(H,14,15). The Morgan fingerprint density at radius 3 is 2.65 bits per heavy atom. The van der Waals surface area contributed by atoms with E-state index < -0.39 is 16.3 Å². The molecule has 90 valence electrons. The third-order valence-electron chi connectivity index (χ3n) is 3.09. The average Bonchev–Trinajstić information content (AvgIpc) is 3.02. The molecule has 0 bridgehead atoms. The van der Waals surface area contributed by atoms with Crippen molar-refractivity contribution in [3.63, 3.8) is 0 Å². The van der Waals surface area contributed by atoms with E-state index in [1.807, 2.05) is 0 Å². The number of benzene rings is 1. The highest BCUT2D eigenvalue weighted by Gasteiger charge is 2.50. The molecule has 2 rings (SSSR count). The second-order valence-corrected chi connectivity index (χ2v) is 5.06. The maximum absolute atomic E-state index is 11.1. The third-order valence-corrected chi connectivity index (χ3v) is 4.01. The first kappa shape index (κ1) is 12.0. The van der Waals surface area contributed by atoms with Gasteiger partial charge in [0.15, 0.2) is 0 Å². The van der Waals surface area contributed by atoms with E-state index in [0.717, 1.165) is 0 Å². The second-order valence-electron chi connectivity index (χ2n) is 4.27. The lowest BCUT2D eigenvalue weighted by Gasteiger charge is -2.10. The zero-order valence-corrected chi connectivity index (χ0v) is 10.4. The maximum Gasteiger partial charge on any atom is 0.309 e. The molecule has 1 N–H and O–H groups in total. The predicted molar refractivity (Wildman–Crippen MR) is 63.8 cm³/mol. The summed E-state index contributed by atoms with van der Waals surface area (Å²) in [6, 6.07) is 4.70. The van der Waals surface area contributed by atoms with Crippen LogP contribution < -0.4 is 0 Å². The highest BCUT2D eigenvalue weighted by Crippen LogP contribution is 2.49. The van der Waals surface area contributed by atoms with Crippen LogP contribution in [0.4, 0.5) is 5.69 Å². The van der Waals surface area contributed by atoms with E-state index in [1.165, 1.54) is 6.07 Å². The SMILES string of the molecule is O=C(O)C1(Cc2cccc([N+](=O)[O-])c2Br)CC1. The zero-order chi connectivity index (χ0) is 12.6. The summed E-state index contributed by atoms with van der Waals surface area (Å²) in [7, 11) is 0. The van der Waals surface area contributed by atoms with Gasteiger partial charge in [0.25, 0.3) is 5.69 Å². The summed E-state index contributed by atoms with van der Waals surface area (Å²) in [5.41, 5.74) is -0.0552. The van der Waals surface area contributed by atoms with Crippen LogP contribution in [-0.4, -0.2) is 16.0 Å². The van der Waals surface area contributed by atoms with Gasteiger partial charge in [-0.25, -0.2) is 0 Å². The number of rotatable bonds is 4. The minimum atomic E-state index is -0.823. The normalized spacial score (nSPS) is 16.5. The lowest BCUT2D eigenvalue weighted by Crippen LogP contribution is -2.17. The molecule has 1 aliphatic rings. The van der Waals surface area contributed by atoms with Crippen LogP contribution in [0.3, 0.4) is 0 Å². The molecule has 0 aliphatic heterocycles. The van der Waals surface area contributed by atoms with E-state index in [0.29, 0.717) is 29.3 Å². The van der Waals surface area contributed by atoms with Gasteiger partial charge in [0.05, 0.1) is 14.8 Å². The Morgan fingerprint density at radius 2 is 2.18 bits per heavy atom. The van der Waals surface area contributed by atoms with Gasteiger partial charge in [0.1, 0.15) is 0 Å². The quantitative estimate of drug-likeness (QED) is 0.685. The lowest BCUT2D eigenvalue weighted by molar-refractivity contribution is -0.385. The molecule has 0 atom stereocenters. The molecule has 0 spiro atoms. The second kappa shape index (κ2) is 4.10. The van der Waals surface area contributed by atoms with Crippen LogP contribution in [0, 0.1) is 15.5 Å². The topological polar surface area (TPSA) is 80.4 Å². The van der Waals surface area contributed by atoms with Crippen LogP contribution in [0.5, 0.6) is 0 Å². The van der Waals surface area contributed by atoms with Crippen molar-refractivity contribution in [1.29, 1.82) is 0 Å². The fourth-order valence-corrected chi connectivity index (χ4v) is 2.37. The molecule has 17 heavy (non-hydrogen) atoms. The molecule has 1 fully saturated rings. The molecule has 1 aliphatic carbocycles. The number of nitro benzene ring substituents is 1. The van der Waals surface area contributed by atoms with Gasteiger partial charge < -0.3 is 5.11 Å². The van der Waals surface area contributed by atoms with Gasteiger partial charge in [-0.3, -0.25) is 14.9 Å².